The number of aryl methyl sites for hydroxylation is 2. The maximum Gasteiger partial charge on any atom is 0.509 e. The van der Waals surface area contributed by atoms with Crippen LogP contribution in [-0.4, -0.2) is 72.4 Å². The van der Waals surface area contributed by atoms with Crippen LogP contribution < -0.4 is 5.76 Å². The number of rotatable bonds is 6. The number of nitrogens with zero attached hydrogens (tertiary/aromatic N) is 3. The average Bonchev–Trinajstić information content (AvgIpc) is 3.43. The molecule has 2 fully saturated rings. The van der Waals surface area contributed by atoms with Crippen LogP contribution >= 0.6 is 0 Å². The molecule has 1 aromatic carbocycles. The molecule has 11 nitrogen and oxygen atoms in total. The van der Waals surface area contributed by atoms with Crippen LogP contribution in [0.3, 0.4) is 0 Å². The number of nitrogens with one attached hydrogen (secondary N) is 1. The van der Waals surface area contributed by atoms with Crippen LogP contribution in [0.5, 0.6) is 0 Å². The fraction of sp³-hybridized carbons (Fsp3) is 0.640. The van der Waals surface area contributed by atoms with Crippen molar-refractivity contribution < 1.29 is 31.0 Å². The summed E-state index contributed by atoms with van der Waals surface area (Å²) < 4.78 is 44.7. The van der Waals surface area contributed by atoms with E-state index in [0.717, 1.165) is 22.3 Å². The zero-order chi connectivity index (χ0) is 27.8. The second kappa shape index (κ2) is 10.6. The van der Waals surface area contributed by atoms with Crippen LogP contribution in [0.25, 0.3) is 0 Å². The van der Waals surface area contributed by atoms with E-state index < -0.39 is 37.7 Å². The standard InChI is InChI=1S/C23H32N4O7S.C2H6/c1-14-7-8-15(2)18(16(14)3)17(4)19(20-24-25-21(28)33-20)27(5,6)35(30,31)26-11-9-23(10-12-26)13-32-22(29)34-23;1-2/h7-8,17,19H,9-13H2,1-6H3;1-2H3/p+1. The number of carbonyl (C=O) groups excluding carboxylic acids is 1. The topological polar surface area (TPSA) is 132 Å². The lowest BCUT2D eigenvalue weighted by Gasteiger charge is -2.43. The molecular formula is C25H39N4O7S+. The van der Waals surface area contributed by atoms with Crippen LogP contribution in [0.15, 0.2) is 21.3 Å². The third kappa shape index (κ3) is 5.19. The highest BCUT2D eigenvalue weighted by molar-refractivity contribution is 7.83. The van der Waals surface area contributed by atoms with Gasteiger partial charge in [0.15, 0.2) is 11.6 Å². The van der Waals surface area contributed by atoms with Gasteiger partial charge in [-0.05, 0) is 43.0 Å². The minimum absolute atomic E-state index is 0.0305. The molecule has 3 heterocycles. The predicted octanol–water partition coefficient (Wildman–Crippen LogP) is 3.48. The molecule has 0 saturated carbocycles. The summed E-state index contributed by atoms with van der Waals surface area (Å²) in [6, 6.07) is 3.22. The Hall–Kier alpha value is -2.70. The molecule has 0 aliphatic carbocycles. The molecular weight excluding hydrogens is 500 g/mol. The summed E-state index contributed by atoms with van der Waals surface area (Å²) in [7, 11) is -0.791. The lowest BCUT2D eigenvalue weighted by atomic mass is 9.84. The molecule has 2 aliphatic heterocycles. The van der Waals surface area contributed by atoms with E-state index in [0.29, 0.717) is 12.8 Å². The lowest BCUT2D eigenvalue weighted by Crippen LogP contribution is -2.59. The van der Waals surface area contributed by atoms with E-state index >= 15 is 0 Å². The number of aromatic nitrogens is 2. The van der Waals surface area contributed by atoms with E-state index in [4.69, 9.17) is 13.9 Å². The van der Waals surface area contributed by atoms with Crippen molar-refractivity contribution in [3.8, 4) is 0 Å². The van der Waals surface area contributed by atoms with E-state index in [1.54, 1.807) is 14.1 Å². The summed E-state index contributed by atoms with van der Waals surface area (Å²) >= 11 is 0. The van der Waals surface area contributed by atoms with E-state index in [-0.39, 0.29) is 31.5 Å². The van der Waals surface area contributed by atoms with Crippen LogP contribution in [0.2, 0.25) is 0 Å². The van der Waals surface area contributed by atoms with E-state index in [9.17, 15) is 18.0 Å². The van der Waals surface area contributed by atoms with Gasteiger partial charge in [-0.3, -0.25) is 0 Å². The molecule has 2 aromatic rings. The van der Waals surface area contributed by atoms with Gasteiger partial charge in [0, 0.05) is 31.8 Å². The normalized spacial score (nSPS) is 19.5. The van der Waals surface area contributed by atoms with Crippen molar-refractivity contribution in [1.29, 1.82) is 0 Å². The smallest absolute Gasteiger partial charge is 0.430 e. The minimum Gasteiger partial charge on any atom is -0.430 e. The Balaban J connectivity index is 0.00000186. The summed E-state index contributed by atoms with van der Waals surface area (Å²) in [4.78, 5) is 23.4. The molecule has 12 heteroatoms. The Morgan fingerprint density at radius 3 is 2.19 bits per heavy atom. The first kappa shape index (κ1) is 28.9. The molecule has 37 heavy (non-hydrogen) atoms. The van der Waals surface area contributed by atoms with Gasteiger partial charge in [0.05, 0.1) is 14.1 Å². The third-order valence-electron chi connectivity index (χ3n) is 7.62. The van der Waals surface area contributed by atoms with E-state index in [1.807, 2.05) is 53.7 Å². The van der Waals surface area contributed by atoms with Crippen molar-refractivity contribution in [2.75, 3.05) is 33.8 Å². The number of piperidine rings is 1. The fourth-order valence-corrected chi connectivity index (χ4v) is 7.25. The van der Waals surface area contributed by atoms with Gasteiger partial charge in [-0.2, -0.15) is 16.6 Å². The van der Waals surface area contributed by atoms with Crippen LogP contribution in [-0.2, 0) is 19.7 Å². The fourth-order valence-electron chi connectivity index (χ4n) is 5.46. The van der Waals surface area contributed by atoms with Crippen LogP contribution in [0.4, 0.5) is 4.79 Å². The van der Waals surface area contributed by atoms with Gasteiger partial charge >= 0.3 is 22.1 Å². The Morgan fingerprint density at radius 2 is 1.68 bits per heavy atom. The first-order valence-electron chi connectivity index (χ1n) is 12.6. The monoisotopic (exact) mass is 539 g/mol. The molecule has 2 unspecified atom stereocenters. The Morgan fingerprint density at radius 1 is 1.08 bits per heavy atom. The maximum absolute atomic E-state index is 14.1. The largest absolute Gasteiger partial charge is 0.509 e. The van der Waals surface area contributed by atoms with Crippen LogP contribution in [0.1, 0.15) is 73.7 Å². The molecule has 0 bridgehead atoms. The van der Waals surface area contributed by atoms with Gasteiger partial charge in [0.1, 0.15) is 6.61 Å². The zero-order valence-electron chi connectivity index (χ0n) is 23.0. The maximum atomic E-state index is 14.1. The third-order valence-corrected chi connectivity index (χ3v) is 10.1. The highest BCUT2D eigenvalue weighted by Gasteiger charge is 2.54. The molecule has 2 saturated heterocycles. The number of cyclic esters (lactones) is 1. The molecule has 4 rings (SSSR count). The Labute approximate surface area is 218 Å². The minimum atomic E-state index is -3.97. The predicted molar refractivity (Wildman–Crippen MR) is 137 cm³/mol. The van der Waals surface area contributed by atoms with Crippen molar-refractivity contribution in [3.05, 3.63) is 50.8 Å². The summed E-state index contributed by atoms with van der Waals surface area (Å²) in [6.07, 6.45) is -0.0406. The average molecular weight is 540 g/mol. The lowest BCUT2D eigenvalue weighted by molar-refractivity contribution is -0.805. The highest BCUT2D eigenvalue weighted by Crippen LogP contribution is 2.44. The number of ether oxygens (including phenoxy) is 2. The Kier molecular flexibility index (Phi) is 8.25. The summed E-state index contributed by atoms with van der Waals surface area (Å²) in [5.41, 5.74) is 3.37. The summed E-state index contributed by atoms with van der Waals surface area (Å²) in [6.45, 7) is 12.4. The van der Waals surface area contributed by atoms with Crippen molar-refractivity contribution in [3.63, 3.8) is 0 Å². The summed E-state index contributed by atoms with van der Waals surface area (Å²) in [5.74, 6) is -1.07. The van der Waals surface area contributed by atoms with Gasteiger partial charge in [-0.1, -0.05) is 32.9 Å². The molecule has 0 amide bonds. The number of aromatic amines is 1. The number of benzene rings is 1. The zero-order valence-corrected chi connectivity index (χ0v) is 23.8. The molecule has 1 aromatic heterocycles. The van der Waals surface area contributed by atoms with Crippen molar-refractivity contribution in [2.24, 2.45) is 0 Å². The van der Waals surface area contributed by atoms with Gasteiger partial charge in [-0.25, -0.2) is 14.7 Å². The molecule has 2 atom stereocenters. The number of quaternary nitrogens is 1. The number of hydrogen-bond donors (Lipinski definition) is 1. The quantitative estimate of drug-likeness (QED) is 0.436. The number of carbonyl (C=O) groups is 1. The van der Waals surface area contributed by atoms with Crippen molar-refractivity contribution in [2.45, 2.75) is 71.9 Å². The number of H-pyrrole nitrogens is 1. The first-order valence-corrected chi connectivity index (χ1v) is 14.0. The molecule has 0 radical (unpaired) electrons. The SMILES string of the molecule is CC.Cc1ccc(C)c(C(C)C(c2n[nH]c(=O)o2)[N+](C)(C)S(=O)(=O)N2CCC3(CC2)COC(=O)O3)c1C. The molecule has 2 aliphatic rings. The first-order chi connectivity index (χ1) is 17.3. The van der Waals surface area contributed by atoms with E-state index in [2.05, 4.69) is 10.2 Å². The number of hydrogen-bond acceptors (Lipinski definition) is 8. The van der Waals surface area contributed by atoms with E-state index in [1.165, 1.54) is 4.31 Å². The number of likely N-dealkylation sites (N-methyl/N-ethyl adjacent to an activating group) is 1. The van der Waals surface area contributed by atoms with Gasteiger partial charge in [0.25, 0.3) is 5.89 Å². The highest BCUT2D eigenvalue weighted by atomic mass is 32.2. The van der Waals surface area contributed by atoms with Gasteiger partial charge in [0.2, 0.25) is 0 Å². The molecule has 1 spiro atoms. The Bertz CT molecular complexity index is 1290. The molecule has 1 N–H and O–H groups in total. The van der Waals surface area contributed by atoms with Gasteiger partial charge < -0.3 is 13.9 Å². The molecule has 206 valence electrons. The second-order valence-electron chi connectivity index (χ2n) is 10.1. The van der Waals surface area contributed by atoms with Crippen LogP contribution in [0, 0.1) is 20.8 Å². The second-order valence-corrected chi connectivity index (χ2v) is 12.4. The summed E-state index contributed by atoms with van der Waals surface area (Å²) in [5, 5.41) is 6.34. The van der Waals surface area contributed by atoms with Crippen molar-refractivity contribution in [1.82, 2.24) is 14.5 Å². The van der Waals surface area contributed by atoms with Gasteiger partial charge in [-0.15, -0.1) is 5.10 Å². The van der Waals surface area contributed by atoms with Crippen molar-refractivity contribution >= 4 is 16.4 Å².